The first-order valence-corrected chi connectivity index (χ1v) is 9.36. The third-order valence-electron chi connectivity index (χ3n) is 3.52. The standard InChI is InChI=1S/C14H20ClN3O3S/c1-22(20,21)16-9-11-4-3-7-18(10-11)14(19)17-13-6-2-5-12(15)8-13/h2,5-6,8,11,16H,3-4,7,9-10H2,1H3,(H,17,19)/t11-/m1/s1. The molecule has 22 heavy (non-hydrogen) atoms. The normalized spacial score (nSPS) is 19.0. The number of benzene rings is 1. The van der Waals surface area contributed by atoms with Crippen molar-refractivity contribution in [2.24, 2.45) is 5.92 Å². The van der Waals surface area contributed by atoms with Gasteiger partial charge in [-0.1, -0.05) is 17.7 Å². The van der Waals surface area contributed by atoms with E-state index in [4.69, 9.17) is 11.6 Å². The third-order valence-corrected chi connectivity index (χ3v) is 4.44. The quantitative estimate of drug-likeness (QED) is 0.877. The van der Waals surface area contributed by atoms with Gasteiger partial charge in [0.05, 0.1) is 6.26 Å². The molecule has 0 radical (unpaired) electrons. The number of amides is 2. The highest BCUT2D eigenvalue weighted by Crippen LogP contribution is 2.19. The minimum Gasteiger partial charge on any atom is -0.324 e. The zero-order valence-electron chi connectivity index (χ0n) is 12.4. The number of hydrogen-bond donors (Lipinski definition) is 2. The maximum absolute atomic E-state index is 12.3. The number of carbonyl (C=O) groups is 1. The van der Waals surface area contributed by atoms with E-state index in [0.717, 1.165) is 19.1 Å². The van der Waals surface area contributed by atoms with Crippen LogP contribution in [0.2, 0.25) is 5.02 Å². The molecule has 2 rings (SSSR count). The first kappa shape index (κ1) is 17.1. The second-order valence-electron chi connectivity index (χ2n) is 5.52. The van der Waals surface area contributed by atoms with Crippen molar-refractivity contribution in [3.05, 3.63) is 29.3 Å². The lowest BCUT2D eigenvalue weighted by atomic mass is 9.99. The Morgan fingerprint density at radius 3 is 2.91 bits per heavy atom. The van der Waals surface area contributed by atoms with Gasteiger partial charge in [-0.2, -0.15) is 0 Å². The second kappa shape index (κ2) is 7.30. The molecule has 2 N–H and O–H groups in total. The molecule has 1 atom stereocenters. The van der Waals surface area contributed by atoms with Crippen molar-refractivity contribution in [1.29, 1.82) is 0 Å². The fourth-order valence-corrected chi connectivity index (χ4v) is 3.18. The number of halogens is 1. The molecular formula is C14H20ClN3O3S. The Balaban J connectivity index is 1.90. The van der Waals surface area contributed by atoms with Crippen molar-refractivity contribution in [2.75, 3.05) is 31.2 Å². The Morgan fingerprint density at radius 2 is 2.23 bits per heavy atom. The number of rotatable bonds is 4. The molecule has 1 heterocycles. The number of anilines is 1. The maximum atomic E-state index is 12.3. The average Bonchev–Trinajstić information content (AvgIpc) is 2.45. The van der Waals surface area contributed by atoms with Gasteiger partial charge in [0.2, 0.25) is 10.0 Å². The van der Waals surface area contributed by atoms with E-state index in [0.29, 0.717) is 30.3 Å². The number of nitrogens with zero attached hydrogens (tertiary/aromatic N) is 1. The summed E-state index contributed by atoms with van der Waals surface area (Å²) in [5.41, 5.74) is 0.647. The lowest BCUT2D eigenvalue weighted by Crippen LogP contribution is -2.45. The van der Waals surface area contributed by atoms with Crippen molar-refractivity contribution in [3.8, 4) is 0 Å². The van der Waals surface area contributed by atoms with Crippen LogP contribution in [-0.4, -0.2) is 45.2 Å². The number of urea groups is 1. The summed E-state index contributed by atoms with van der Waals surface area (Å²) < 4.78 is 24.8. The van der Waals surface area contributed by atoms with Gasteiger partial charge in [-0.15, -0.1) is 0 Å². The first-order chi connectivity index (χ1) is 10.3. The predicted octanol–water partition coefficient (Wildman–Crippen LogP) is 2.13. The Kier molecular flexibility index (Phi) is 5.66. The van der Waals surface area contributed by atoms with E-state index in [2.05, 4.69) is 10.0 Å². The summed E-state index contributed by atoms with van der Waals surface area (Å²) >= 11 is 5.89. The van der Waals surface area contributed by atoms with Crippen molar-refractivity contribution in [2.45, 2.75) is 12.8 Å². The molecule has 1 aromatic rings. The topological polar surface area (TPSA) is 78.5 Å². The van der Waals surface area contributed by atoms with E-state index < -0.39 is 10.0 Å². The van der Waals surface area contributed by atoms with Gasteiger partial charge in [0.1, 0.15) is 0 Å². The molecule has 2 amide bonds. The average molecular weight is 346 g/mol. The van der Waals surface area contributed by atoms with Gasteiger partial charge in [-0.05, 0) is 37.0 Å². The SMILES string of the molecule is CS(=O)(=O)NC[C@H]1CCCN(C(=O)Nc2cccc(Cl)c2)C1. The van der Waals surface area contributed by atoms with E-state index in [1.807, 2.05) is 0 Å². The summed E-state index contributed by atoms with van der Waals surface area (Å²) in [4.78, 5) is 14.0. The van der Waals surface area contributed by atoms with Gasteiger partial charge in [-0.25, -0.2) is 17.9 Å². The molecular weight excluding hydrogens is 326 g/mol. The molecule has 0 saturated carbocycles. The molecule has 0 unspecified atom stereocenters. The van der Waals surface area contributed by atoms with Crippen LogP contribution < -0.4 is 10.0 Å². The number of likely N-dealkylation sites (tertiary alicyclic amines) is 1. The van der Waals surface area contributed by atoms with Gasteiger partial charge in [0.15, 0.2) is 0 Å². The molecule has 122 valence electrons. The number of hydrogen-bond acceptors (Lipinski definition) is 3. The molecule has 0 aliphatic carbocycles. The highest BCUT2D eigenvalue weighted by molar-refractivity contribution is 7.88. The van der Waals surface area contributed by atoms with Crippen molar-refractivity contribution in [1.82, 2.24) is 9.62 Å². The Labute approximate surface area is 135 Å². The second-order valence-corrected chi connectivity index (χ2v) is 7.78. The Hall–Kier alpha value is -1.31. The summed E-state index contributed by atoms with van der Waals surface area (Å²) in [6.45, 7) is 1.57. The van der Waals surface area contributed by atoms with E-state index in [-0.39, 0.29) is 11.9 Å². The van der Waals surface area contributed by atoms with Crippen LogP contribution in [0.1, 0.15) is 12.8 Å². The summed E-state index contributed by atoms with van der Waals surface area (Å²) in [6, 6.07) is 6.78. The number of piperidine rings is 1. The minimum atomic E-state index is -3.20. The summed E-state index contributed by atoms with van der Waals surface area (Å²) in [5, 5.41) is 3.37. The molecule has 8 heteroatoms. The smallest absolute Gasteiger partial charge is 0.321 e. The van der Waals surface area contributed by atoms with Crippen LogP contribution in [0, 0.1) is 5.92 Å². The number of sulfonamides is 1. The maximum Gasteiger partial charge on any atom is 0.321 e. The predicted molar refractivity (Wildman–Crippen MR) is 87.6 cm³/mol. The van der Waals surface area contributed by atoms with Crippen LogP contribution in [0.3, 0.4) is 0 Å². The lowest BCUT2D eigenvalue weighted by Gasteiger charge is -2.32. The summed E-state index contributed by atoms with van der Waals surface area (Å²) in [6.07, 6.45) is 2.90. The van der Waals surface area contributed by atoms with Crippen LogP contribution in [0.15, 0.2) is 24.3 Å². The molecule has 1 saturated heterocycles. The van der Waals surface area contributed by atoms with Gasteiger partial charge in [0.25, 0.3) is 0 Å². The van der Waals surface area contributed by atoms with Crippen molar-refractivity contribution >= 4 is 33.3 Å². The number of nitrogens with one attached hydrogen (secondary N) is 2. The Morgan fingerprint density at radius 1 is 1.45 bits per heavy atom. The van der Waals surface area contributed by atoms with E-state index in [1.54, 1.807) is 29.2 Å². The minimum absolute atomic E-state index is 0.133. The van der Waals surface area contributed by atoms with Gasteiger partial charge in [-0.3, -0.25) is 0 Å². The number of carbonyl (C=O) groups excluding carboxylic acids is 1. The molecule has 1 aliphatic rings. The molecule has 6 nitrogen and oxygen atoms in total. The zero-order chi connectivity index (χ0) is 16.2. The summed E-state index contributed by atoms with van der Waals surface area (Å²) in [5.74, 6) is 0.133. The molecule has 1 aliphatic heterocycles. The van der Waals surface area contributed by atoms with E-state index >= 15 is 0 Å². The Bertz CT molecular complexity index is 636. The highest BCUT2D eigenvalue weighted by Gasteiger charge is 2.24. The molecule has 1 aromatic carbocycles. The monoisotopic (exact) mass is 345 g/mol. The fraction of sp³-hybridized carbons (Fsp3) is 0.500. The van der Waals surface area contributed by atoms with Crippen LogP contribution in [-0.2, 0) is 10.0 Å². The zero-order valence-corrected chi connectivity index (χ0v) is 14.0. The first-order valence-electron chi connectivity index (χ1n) is 7.09. The van der Waals surface area contributed by atoms with Crippen LogP contribution in [0.4, 0.5) is 10.5 Å². The van der Waals surface area contributed by atoms with Crippen molar-refractivity contribution in [3.63, 3.8) is 0 Å². The van der Waals surface area contributed by atoms with Crippen LogP contribution in [0.25, 0.3) is 0 Å². The lowest BCUT2D eigenvalue weighted by molar-refractivity contribution is 0.178. The van der Waals surface area contributed by atoms with Crippen LogP contribution in [0.5, 0.6) is 0 Å². The molecule has 0 spiro atoms. The third kappa shape index (κ3) is 5.47. The summed E-state index contributed by atoms with van der Waals surface area (Å²) in [7, 11) is -3.20. The molecule has 0 bridgehead atoms. The van der Waals surface area contributed by atoms with Gasteiger partial charge in [0, 0.05) is 30.3 Å². The largest absolute Gasteiger partial charge is 0.324 e. The van der Waals surface area contributed by atoms with Crippen molar-refractivity contribution < 1.29 is 13.2 Å². The van der Waals surface area contributed by atoms with E-state index in [1.165, 1.54) is 0 Å². The van der Waals surface area contributed by atoms with E-state index in [9.17, 15) is 13.2 Å². The fourth-order valence-electron chi connectivity index (χ4n) is 2.45. The molecule has 0 aromatic heterocycles. The highest BCUT2D eigenvalue weighted by atomic mass is 35.5. The molecule has 1 fully saturated rings. The van der Waals surface area contributed by atoms with Gasteiger partial charge >= 0.3 is 6.03 Å². The van der Waals surface area contributed by atoms with Crippen LogP contribution >= 0.6 is 11.6 Å². The van der Waals surface area contributed by atoms with Gasteiger partial charge < -0.3 is 10.2 Å².